The second-order valence-corrected chi connectivity index (χ2v) is 18.7. The van der Waals surface area contributed by atoms with E-state index in [0.717, 1.165) is 77.6 Å². The van der Waals surface area contributed by atoms with E-state index in [1.165, 1.54) is 21.5 Å². The first-order chi connectivity index (χ1) is 37.0. The van der Waals surface area contributed by atoms with Crippen LogP contribution in [0.2, 0.25) is 0 Å². The summed E-state index contributed by atoms with van der Waals surface area (Å²) >= 11 is 0. The molecule has 0 aliphatic heterocycles. The Morgan fingerprint density at radius 1 is 0.293 bits per heavy atom. The molecule has 0 unspecified atom stereocenters. The lowest BCUT2D eigenvalue weighted by molar-refractivity contribution is 1.16. The minimum Gasteiger partial charge on any atom is -0.309 e. The van der Waals surface area contributed by atoms with Crippen molar-refractivity contribution in [3.63, 3.8) is 0 Å². The second-order valence-electron chi connectivity index (χ2n) is 18.7. The molecule has 0 fully saturated rings. The zero-order valence-corrected chi connectivity index (χ0v) is 40.0. The normalized spacial score (nSPS) is 11.4. The molecule has 0 amide bonds. The average Bonchev–Trinajstić information content (AvgIpc) is 4.12. The molecule has 0 aliphatic carbocycles. The van der Waals surface area contributed by atoms with Crippen LogP contribution in [0.3, 0.4) is 0 Å². The molecular weight excluding hydrogens is 917 g/mol. The molecule has 0 saturated heterocycles. The highest BCUT2D eigenvalue weighted by atomic mass is 15.0. The number of aromatic nitrogens is 5. The van der Waals surface area contributed by atoms with Crippen LogP contribution >= 0.6 is 0 Å². The number of rotatable bonds is 7. The Morgan fingerprint density at radius 3 is 1.25 bits per heavy atom. The van der Waals surface area contributed by atoms with E-state index in [1.54, 1.807) is 30.3 Å². The van der Waals surface area contributed by atoms with Gasteiger partial charge in [-0.05, 0) is 120 Å². The number of para-hydroxylation sites is 4. The molecule has 346 valence electrons. The summed E-state index contributed by atoms with van der Waals surface area (Å²) in [7, 11) is 0. The number of nitrogens with zero attached hydrogens (tertiary/aromatic N) is 8. The van der Waals surface area contributed by atoms with E-state index < -0.39 is 0 Å². The molecule has 0 saturated carbocycles. The Kier molecular flexibility index (Phi) is 9.85. The molecule has 0 radical (unpaired) electrons. The molecule has 10 aromatic carbocycles. The van der Waals surface area contributed by atoms with Crippen LogP contribution in [-0.4, -0.2) is 23.7 Å². The summed E-state index contributed by atoms with van der Waals surface area (Å²) in [6.07, 6.45) is 0. The van der Waals surface area contributed by atoms with Gasteiger partial charge in [-0.1, -0.05) is 121 Å². The van der Waals surface area contributed by atoms with E-state index in [2.05, 4.69) is 190 Å². The Morgan fingerprint density at radius 2 is 0.733 bits per heavy atom. The van der Waals surface area contributed by atoms with Gasteiger partial charge in [-0.15, -0.1) is 0 Å². The van der Waals surface area contributed by atoms with Gasteiger partial charge >= 0.3 is 0 Å². The first kappa shape index (κ1) is 43.0. The zero-order chi connectivity index (χ0) is 50.1. The Hall–Kier alpha value is -10.9. The highest BCUT2D eigenvalue weighted by molar-refractivity contribution is 6.14. The summed E-state index contributed by atoms with van der Waals surface area (Å²) < 4.78 is 7.11. The van der Waals surface area contributed by atoms with Crippen molar-refractivity contribution in [1.29, 1.82) is 15.8 Å². The predicted molar refractivity (Wildman–Crippen MR) is 301 cm³/mol. The zero-order valence-electron chi connectivity index (χ0n) is 40.0. The number of nitriles is 3. The van der Waals surface area contributed by atoms with Crippen molar-refractivity contribution in [3.8, 4) is 80.3 Å². The molecular formula is C67H38N8. The largest absolute Gasteiger partial charge is 0.309 e. The van der Waals surface area contributed by atoms with Crippen molar-refractivity contribution in [3.05, 3.63) is 247 Å². The van der Waals surface area contributed by atoms with Gasteiger partial charge in [0.1, 0.15) is 0 Å². The summed E-state index contributed by atoms with van der Waals surface area (Å²) in [6.45, 7) is 0. The SMILES string of the molecule is N#Cc1cccc(-c2cc(-c3ccc(-c4ccc(-n5c6ccc(-n7c8ccccc8c8ccccc87)cc6c6cc(-n7c8ccccc8c8ccccc87)ccc65)cc4)cc3C#N)nc(-c3cccc(C#N)c3)n2)c1. The first-order valence-corrected chi connectivity index (χ1v) is 24.6. The third kappa shape index (κ3) is 6.96. The van der Waals surface area contributed by atoms with Crippen molar-refractivity contribution in [2.45, 2.75) is 0 Å². The van der Waals surface area contributed by atoms with E-state index in [9.17, 15) is 15.8 Å². The number of hydrogen-bond acceptors (Lipinski definition) is 5. The van der Waals surface area contributed by atoms with Crippen molar-refractivity contribution >= 4 is 65.4 Å². The number of hydrogen-bond donors (Lipinski definition) is 0. The highest BCUT2D eigenvalue weighted by Gasteiger charge is 2.20. The van der Waals surface area contributed by atoms with E-state index >= 15 is 0 Å². The molecule has 0 spiro atoms. The molecule has 14 aromatic rings. The number of fused-ring (bicyclic) bond motifs is 9. The van der Waals surface area contributed by atoms with Crippen LogP contribution in [0.15, 0.2) is 231 Å². The van der Waals surface area contributed by atoms with Crippen LogP contribution in [0, 0.1) is 34.0 Å². The van der Waals surface area contributed by atoms with Crippen LogP contribution in [0.25, 0.3) is 128 Å². The summed E-state index contributed by atoms with van der Waals surface area (Å²) in [5.41, 5.74) is 16.4. The fourth-order valence-corrected chi connectivity index (χ4v) is 11.1. The fourth-order valence-electron chi connectivity index (χ4n) is 11.1. The van der Waals surface area contributed by atoms with Gasteiger partial charge < -0.3 is 13.7 Å². The van der Waals surface area contributed by atoms with Gasteiger partial charge in [0.2, 0.25) is 0 Å². The quantitative estimate of drug-likeness (QED) is 0.158. The van der Waals surface area contributed by atoms with Gasteiger partial charge in [-0.3, -0.25) is 0 Å². The lowest BCUT2D eigenvalue weighted by atomic mass is 9.96. The van der Waals surface area contributed by atoms with Crippen LogP contribution < -0.4 is 0 Å². The van der Waals surface area contributed by atoms with Gasteiger partial charge in [0.05, 0.1) is 79.4 Å². The van der Waals surface area contributed by atoms with Gasteiger partial charge in [-0.2, -0.15) is 15.8 Å². The second kappa shape index (κ2) is 17.2. The minimum atomic E-state index is 0.404. The minimum absolute atomic E-state index is 0.404. The maximum Gasteiger partial charge on any atom is 0.160 e. The van der Waals surface area contributed by atoms with Crippen LogP contribution in [0.1, 0.15) is 16.7 Å². The van der Waals surface area contributed by atoms with Crippen LogP contribution in [0.4, 0.5) is 0 Å². The first-order valence-electron chi connectivity index (χ1n) is 24.6. The summed E-state index contributed by atoms with van der Waals surface area (Å²) in [5.74, 6) is 0.404. The molecule has 4 heterocycles. The Bertz CT molecular complexity index is 4460. The Balaban J connectivity index is 0.899. The smallest absolute Gasteiger partial charge is 0.160 e. The predicted octanol–water partition coefficient (Wildman–Crippen LogP) is 16.1. The third-order valence-electron chi connectivity index (χ3n) is 14.5. The lowest BCUT2D eigenvalue weighted by Gasteiger charge is -2.13. The van der Waals surface area contributed by atoms with Gasteiger partial charge in [0, 0.05) is 66.1 Å². The molecule has 0 N–H and O–H groups in total. The van der Waals surface area contributed by atoms with Crippen molar-refractivity contribution < 1.29 is 0 Å². The van der Waals surface area contributed by atoms with Crippen molar-refractivity contribution in [2.75, 3.05) is 0 Å². The van der Waals surface area contributed by atoms with Crippen LogP contribution in [-0.2, 0) is 0 Å². The molecule has 14 rings (SSSR count). The van der Waals surface area contributed by atoms with Gasteiger partial charge in [0.25, 0.3) is 0 Å². The average molecular weight is 955 g/mol. The van der Waals surface area contributed by atoms with Crippen molar-refractivity contribution in [1.82, 2.24) is 23.7 Å². The van der Waals surface area contributed by atoms with E-state index in [4.69, 9.17) is 9.97 Å². The number of benzene rings is 10. The summed E-state index contributed by atoms with van der Waals surface area (Å²) in [5, 5.41) is 37.3. The molecule has 0 aliphatic rings. The van der Waals surface area contributed by atoms with Crippen LogP contribution in [0.5, 0.6) is 0 Å². The third-order valence-corrected chi connectivity index (χ3v) is 14.5. The Labute approximate surface area is 430 Å². The van der Waals surface area contributed by atoms with Crippen molar-refractivity contribution in [2.24, 2.45) is 0 Å². The molecule has 8 heteroatoms. The molecule has 8 nitrogen and oxygen atoms in total. The van der Waals surface area contributed by atoms with Gasteiger partial charge in [-0.25, -0.2) is 9.97 Å². The summed E-state index contributed by atoms with van der Waals surface area (Å²) in [4.78, 5) is 9.87. The maximum atomic E-state index is 10.7. The van der Waals surface area contributed by atoms with E-state index in [0.29, 0.717) is 45.0 Å². The monoisotopic (exact) mass is 954 g/mol. The fraction of sp³-hybridized carbons (Fsp3) is 0. The molecule has 75 heavy (non-hydrogen) atoms. The maximum absolute atomic E-state index is 10.7. The lowest BCUT2D eigenvalue weighted by Crippen LogP contribution is -1.98. The van der Waals surface area contributed by atoms with E-state index in [1.807, 2.05) is 42.5 Å². The molecule has 0 atom stereocenters. The standard InChI is InChI=1S/C67H38N8/c68-39-42-11-9-13-46(33-42)59-38-60(72-67(71-59)47-14-10-12-43(34-47)40-69)52-30-25-45(35-48(52)41-70)44-23-26-49(27-24-44)73-65-31-28-50(74-61-19-5-1-15-53(61)54-16-2-6-20-62(54)74)36-57(65)58-37-51(29-32-66(58)73)75-63-21-7-3-17-55(63)56-18-4-8-22-64(56)75/h1-38H. The molecule has 4 aromatic heterocycles. The molecule has 0 bridgehead atoms. The highest BCUT2D eigenvalue weighted by Crippen LogP contribution is 2.40. The van der Waals surface area contributed by atoms with E-state index in [-0.39, 0.29) is 0 Å². The summed E-state index contributed by atoms with van der Waals surface area (Å²) in [6, 6.07) is 85.7. The topological polar surface area (TPSA) is 112 Å². The van der Waals surface area contributed by atoms with Gasteiger partial charge in [0.15, 0.2) is 5.82 Å².